The van der Waals surface area contributed by atoms with Crippen LogP contribution in [0.1, 0.15) is 32.1 Å². The van der Waals surface area contributed by atoms with Crippen LogP contribution in [0.5, 0.6) is 0 Å². The van der Waals surface area contributed by atoms with E-state index in [-0.39, 0.29) is 0 Å². The minimum absolute atomic E-state index is 0.310. The lowest BCUT2D eigenvalue weighted by molar-refractivity contribution is -0.118. The van der Waals surface area contributed by atoms with Crippen LogP contribution in [0.25, 0.3) is 0 Å². The molecular weight excluding hydrogens is 240 g/mol. The number of rotatable bonds is 2. The van der Waals surface area contributed by atoms with Crippen LogP contribution < -0.4 is 9.80 Å². The molecule has 0 radical (unpaired) electrons. The summed E-state index contributed by atoms with van der Waals surface area (Å²) in [4.78, 5) is 24.6. The zero-order chi connectivity index (χ0) is 13.1. The number of anilines is 2. The van der Waals surface area contributed by atoms with Gasteiger partial charge in [0, 0.05) is 32.1 Å². The summed E-state index contributed by atoms with van der Waals surface area (Å²) in [6.07, 6.45) is 7.05. The molecule has 2 aliphatic rings. The zero-order valence-electron chi connectivity index (χ0n) is 11.2. The van der Waals surface area contributed by atoms with Gasteiger partial charge in [0.15, 0.2) is 5.78 Å². The van der Waals surface area contributed by atoms with Crippen LogP contribution in [-0.4, -0.2) is 41.9 Å². The van der Waals surface area contributed by atoms with Gasteiger partial charge in [0.25, 0.3) is 0 Å². The highest BCUT2D eigenvalue weighted by molar-refractivity contribution is 5.84. The van der Waals surface area contributed by atoms with Crippen molar-refractivity contribution < 1.29 is 4.79 Å². The van der Waals surface area contributed by atoms with Gasteiger partial charge in [-0.15, -0.1) is 0 Å². The predicted octanol–water partition coefficient (Wildman–Crippen LogP) is 1.64. The summed E-state index contributed by atoms with van der Waals surface area (Å²) in [5.74, 6) is 2.20. The standard InChI is InChI=1S/C14H20N4O/c19-12-5-4-8-18(10-12)14-9-13(15-11-16-14)17-6-2-1-3-7-17/h9,11H,1-8,10H2. The summed E-state index contributed by atoms with van der Waals surface area (Å²) < 4.78 is 0. The fourth-order valence-electron chi connectivity index (χ4n) is 2.84. The molecule has 2 aliphatic heterocycles. The molecular formula is C14H20N4O. The van der Waals surface area contributed by atoms with Gasteiger partial charge < -0.3 is 9.80 Å². The Morgan fingerprint density at radius 2 is 1.58 bits per heavy atom. The summed E-state index contributed by atoms with van der Waals surface area (Å²) in [5.41, 5.74) is 0. The molecule has 0 aliphatic carbocycles. The Balaban J connectivity index is 1.76. The molecule has 2 fully saturated rings. The highest BCUT2D eigenvalue weighted by Crippen LogP contribution is 2.22. The first-order chi connectivity index (χ1) is 9.33. The summed E-state index contributed by atoms with van der Waals surface area (Å²) >= 11 is 0. The molecule has 0 saturated carbocycles. The summed E-state index contributed by atoms with van der Waals surface area (Å²) in [5, 5.41) is 0. The third-order valence-electron chi connectivity index (χ3n) is 3.89. The minimum atomic E-state index is 0.310. The Kier molecular flexibility index (Phi) is 3.62. The first-order valence-corrected chi connectivity index (χ1v) is 7.16. The SMILES string of the molecule is O=C1CCCN(c2cc(N3CCCCC3)ncn2)C1. The summed E-state index contributed by atoms with van der Waals surface area (Å²) in [6.45, 7) is 3.57. The fourth-order valence-corrected chi connectivity index (χ4v) is 2.84. The van der Waals surface area contributed by atoms with Crippen molar-refractivity contribution in [2.24, 2.45) is 0 Å². The lowest BCUT2D eigenvalue weighted by atomic mass is 10.1. The average Bonchev–Trinajstić information content (AvgIpc) is 2.48. The third-order valence-corrected chi connectivity index (χ3v) is 3.89. The van der Waals surface area contributed by atoms with Gasteiger partial charge in [-0.3, -0.25) is 4.79 Å². The van der Waals surface area contributed by atoms with Gasteiger partial charge in [-0.1, -0.05) is 0 Å². The summed E-state index contributed by atoms with van der Waals surface area (Å²) in [7, 11) is 0. The van der Waals surface area contributed by atoms with Gasteiger partial charge in [0.05, 0.1) is 6.54 Å². The van der Waals surface area contributed by atoms with Gasteiger partial charge in [0.2, 0.25) is 0 Å². The zero-order valence-corrected chi connectivity index (χ0v) is 11.2. The van der Waals surface area contributed by atoms with Crippen LogP contribution >= 0.6 is 0 Å². The molecule has 102 valence electrons. The van der Waals surface area contributed by atoms with Crippen LogP contribution in [0.3, 0.4) is 0 Å². The number of nitrogens with zero attached hydrogens (tertiary/aromatic N) is 4. The molecule has 5 heteroatoms. The molecule has 2 saturated heterocycles. The molecule has 0 atom stereocenters. The number of hydrogen-bond acceptors (Lipinski definition) is 5. The fraction of sp³-hybridized carbons (Fsp3) is 0.643. The molecule has 1 aromatic rings. The van der Waals surface area contributed by atoms with Crippen molar-refractivity contribution in [3.63, 3.8) is 0 Å². The maximum absolute atomic E-state index is 11.5. The van der Waals surface area contributed by atoms with Crippen molar-refractivity contribution >= 4 is 17.4 Å². The Hall–Kier alpha value is -1.65. The van der Waals surface area contributed by atoms with Crippen molar-refractivity contribution in [2.75, 3.05) is 36.0 Å². The molecule has 0 N–H and O–H groups in total. The van der Waals surface area contributed by atoms with Crippen LogP contribution in [0, 0.1) is 0 Å². The van der Waals surface area contributed by atoms with Crippen LogP contribution in [-0.2, 0) is 4.79 Å². The van der Waals surface area contributed by atoms with Crippen molar-refractivity contribution in [3.8, 4) is 0 Å². The van der Waals surface area contributed by atoms with Crippen LogP contribution in [0.2, 0.25) is 0 Å². The highest BCUT2D eigenvalue weighted by Gasteiger charge is 2.19. The molecule has 0 aromatic carbocycles. The van der Waals surface area contributed by atoms with Crippen LogP contribution in [0.4, 0.5) is 11.6 Å². The van der Waals surface area contributed by atoms with Gasteiger partial charge in [-0.2, -0.15) is 0 Å². The molecule has 3 heterocycles. The van der Waals surface area contributed by atoms with E-state index < -0.39 is 0 Å². The maximum atomic E-state index is 11.5. The largest absolute Gasteiger partial charge is 0.356 e. The van der Waals surface area contributed by atoms with Gasteiger partial charge >= 0.3 is 0 Å². The van der Waals surface area contributed by atoms with Gasteiger partial charge in [-0.25, -0.2) is 9.97 Å². The Labute approximate surface area is 113 Å². The first kappa shape index (κ1) is 12.4. The van der Waals surface area contributed by atoms with Gasteiger partial charge in [-0.05, 0) is 25.7 Å². The average molecular weight is 260 g/mol. The number of carbonyl (C=O) groups excluding carboxylic acids is 1. The van der Waals surface area contributed by atoms with E-state index in [9.17, 15) is 4.79 Å². The highest BCUT2D eigenvalue weighted by atomic mass is 16.1. The summed E-state index contributed by atoms with van der Waals surface area (Å²) in [6, 6.07) is 2.03. The maximum Gasteiger partial charge on any atom is 0.152 e. The molecule has 0 unspecified atom stereocenters. The topological polar surface area (TPSA) is 49.3 Å². The van der Waals surface area contributed by atoms with E-state index in [4.69, 9.17) is 0 Å². The van der Waals surface area contributed by atoms with Crippen LogP contribution in [0.15, 0.2) is 12.4 Å². The number of piperidine rings is 2. The number of carbonyl (C=O) groups is 1. The molecule has 19 heavy (non-hydrogen) atoms. The molecule has 1 aromatic heterocycles. The van der Waals surface area contributed by atoms with E-state index in [0.717, 1.165) is 37.7 Å². The normalized spacial score (nSPS) is 20.7. The number of hydrogen-bond donors (Lipinski definition) is 0. The van der Waals surface area contributed by atoms with E-state index >= 15 is 0 Å². The van der Waals surface area contributed by atoms with Crippen molar-refractivity contribution in [1.82, 2.24) is 9.97 Å². The lowest BCUT2D eigenvalue weighted by Crippen LogP contribution is -2.36. The smallest absolute Gasteiger partial charge is 0.152 e. The van der Waals surface area contributed by atoms with Crippen molar-refractivity contribution in [3.05, 3.63) is 12.4 Å². The molecule has 0 spiro atoms. The molecule has 5 nitrogen and oxygen atoms in total. The van der Waals surface area contributed by atoms with E-state index in [2.05, 4.69) is 19.8 Å². The number of Topliss-reactive ketones (excluding diaryl/α,β-unsaturated/α-hetero) is 1. The third kappa shape index (κ3) is 2.85. The minimum Gasteiger partial charge on any atom is -0.356 e. The quantitative estimate of drug-likeness (QED) is 0.809. The second-order valence-corrected chi connectivity index (χ2v) is 5.35. The number of ketones is 1. The Morgan fingerprint density at radius 3 is 2.32 bits per heavy atom. The monoisotopic (exact) mass is 260 g/mol. The van der Waals surface area contributed by atoms with E-state index in [1.165, 1.54) is 19.3 Å². The van der Waals surface area contributed by atoms with Crippen molar-refractivity contribution in [2.45, 2.75) is 32.1 Å². The van der Waals surface area contributed by atoms with Crippen molar-refractivity contribution in [1.29, 1.82) is 0 Å². The molecule has 0 bridgehead atoms. The van der Waals surface area contributed by atoms with E-state index in [1.807, 2.05) is 6.07 Å². The number of aromatic nitrogens is 2. The van der Waals surface area contributed by atoms with E-state index in [1.54, 1.807) is 6.33 Å². The predicted molar refractivity (Wildman–Crippen MR) is 74.6 cm³/mol. The Bertz CT molecular complexity index is 457. The Morgan fingerprint density at radius 1 is 0.895 bits per heavy atom. The second kappa shape index (κ2) is 5.55. The van der Waals surface area contributed by atoms with E-state index in [0.29, 0.717) is 18.7 Å². The second-order valence-electron chi connectivity index (χ2n) is 5.35. The molecule has 3 rings (SSSR count). The first-order valence-electron chi connectivity index (χ1n) is 7.16. The van der Waals surface area contributed by atoms with Gasteiger partial charge in [0.1, 0.15) is 18.0 Å². The molecule has 0 amide bonds. The lowest BCUT2D eigenvalue weighted by Gasteiger charge is -2.30.